The molecule has 0 aliphatic carbocycles. The number of hydrogen-bond donors (Lipinski definition) is 0. The van der Waals surface area contributed by atoms with Gasteiger partial charge in [-0.1, -0.05) is 85.5 Å². The SMILES string of the molecule is CCCCCCCC(=O)OC(CCC)(CCCC)OC(=O)CCCCCCC. The second kappa shape index (κ2) is 18.0. The van der Waals surface area contributed by atoms with Gasteiger partial charge in [0.25, 0.3) is 5.79 Å². The Bertz CT molecular complexity index is 364. The molecule has 166 valence electrons. The molecule has 0 rings (SSSR count). The second-order valence-corrected chi connectivity index (χ2v) is 8.04. The largest absolute Gasteiger partial charge is 0.422 e. The van der Waals surface area contributed by atoms with E-state index in [0.29, 0.717) is 25.7 Å². The van der Waals surface area contributed by atoms with Crippen LogP contribution in [-0.2, 0) is 19.1 Å². The van der Waals surface area contributed by atoms with Crippen molar-refractivity contribution in [2.45, 2.75) is 143 Å². The third-order valence-corrected chi connectivity index (χ3v) is 5.11. The Labute approximate surface area is 174 Å². The summed E-state index contributed by atoms with van der Waals surface area (Å²) in [5.74, 6) is -1.51. The molecule has 0 N–H and O–H groups in total. The van der Waals surface area contributed by atoms with Gasteiger partial charge in [0.05, 0.1) is 0 Å². The van der Waals surface area contributed by atoms with Crippen molar-refractivity contribution >= 4 is 11.9 Å². The zero-order valence-corrected chi connectivity index (χ0v) is 19.2. The molecule has 28 heavy (non-hydrogen) atoms. The lowest BCUT2D eigenvalue weighted by molar-refractivity contribution is -0.234. The minimum atomic E-state index is -1.06. The standard InChI is InChI=1S/C24H46O4/c1-5-9-12-14-16-18-22(25)27-24(20-8-4,21-11-7-3)28-23(26)19-17-15-13-10-6-2/h5-21H2,1-4H3. The van der Waals surface area contributed by atoms with Crippen LogP contribution in [0.1, 0.15) is 137 Å². The zero-order chi connectivity index (χ0) is 21.1. The molecule has 0 aromatic heterocycles. The predicted octanol–water partition coefficient (Wildman–Crippen LogP) is 7.48. The molecule has 0 aromatic rings. The summed E-state index contributed by atoms with van der Waals surface area (Å²) in [5, 5.41) is 0. The number of rotatable bonds is 19. The Morgan fingerprint density at radius 1 is 0.536 bits per heavy atom. The molecule has 0 bridgehead atoms. The lowest BCUT2D eigenvalue weighted by Crippen LogP contribution is -2.40. The Morgan fingerprint density at radius 3 is 1.36 bits per heavy atom. The lowest BCUT2D eigenvalue weighted by atomic mass is 10.0. The number of ether oxygens (including phenoxy) is 2. The van der Waals surface area contributed by atoms with Gasteiger partial charge in [-0.15, -0.1) is 0 Å². The monoisotopic (exact) mass is 398 g/mol. The predicted molar refractivity (Wildman–Crippen MR) is 116 cm³/mol. The summed E-state index contributed by atoms with van der Waals surface area (Å²) in [6, 6.07) is 0. The van der Waals surface area contributed by atoms with Gasteiger partial charge in [0.1, 0.15) is 0 Å². The molecule has 0 fully saturated rings. The van der Waals surface area contributed by atoms with E-state index in [4.69, 9.17) is 9.47 Å². The van der Waals surface area contributed by atoms with Crippen LogP contribution in [0, 0.1) is 0 Å². The van der Waals surface area contributed by atoms with E-state index in [-0.39, 0.29) is 11.9 Å². The molecule has 0 unspecified atom stereocenters. The second-order valence-electron chi connectivity index (χ2n) is 8.04. The van der Waals surface area contributed by atoms with Gasteiger partial charge in [-0.25, -0.2) is 0 Å². The minimum absolute atomic E-state index is 0.225. The van der Waals surface area contributed by atoms with Crippen LogP contribution in [0.5, 0.6) is 0 Å². The fraction of sp³-hybridized carbons (Fsp3) is 0.917. The third-order valence-electron chi connectivity index (χ3n) is 5.11. The Kier molecular flexibility index (Phi) is 17.3. The number of hydrogen-bond acceptors (Lipinski definition) is 4. The van der Waals surface area contributed by atoms with Crippen molar-refractivity contribution in [1.82, 2.24) is 0 Å². The Balaban J connectivity index is 4.67. The summed E-state index contributed by atoms with van der Waals surface area (Å²) in [5.41, 5.74) is 0. The maximum Gasteiger partial charge on any atom is 0.309 e. The van der Waals surface area contributed by atoms with E-state index < -0.39 is 5.79 Å². The molecule has 0 heterocycles. The van der Waals surface area contributed by atoms with E-state index in [1.54, 1.807) is 0 Å². The van der Waals surface area contributed by atoms with E-state index in [9.17, 15) is 9.59 Å². The van der Waals surface area contributed by atoms with Crippen LogP contribution in [0.3, 0.4) is 0 Å². The fourth-order valence-corrected chi connectivity index (χ4v) is 3.44. The smallest absolute Gasteiger partial charge is 0.309 e. The maximum atomic E-state index is 12.4. The molecule has 0 aliphatic heterocycles. The molecule has 0 radical (unpaired) electrons. The van der Waals surface area contributed by atoms with E-state index in [2.05, 4.69) is 20.8 Å². The van der Waals surface area contributed by atoms with Crippen LogP contribution < -0.4 is 0 Å². The third kappa shape index (κ3) is 14.0. The van der Waals surface area contributed by atoms with E-state index >= 15 is 0 Å². The van der Waals surface area contributed by atoms with Gasteiger partial charge in [-0.3, -0.25) is 9.59 Å². The van der Waals surface area contributed by atoms with Crippen molar-refractivity contribution in [3.8, 4) is 0 Å². The van der Waals surface area contributed by atoms with Gasteiger partial charge in [-0.05, 0) is 25.7 Å². The highest BCUT2D eigenvalue weighted by atomic mass is 16.7. The average molecular weight is 399 g/mol. The summed E-state index contributed by atoms with van der Waals surface area (Å²) in [6.07, 6.45) is 15.6. The number of carbonyl (C=O) groups is 2. The van der Waals surface area contributed by atoms with Gasteiger partial charge in [0, 0.05) is 25.7 Å². The fourth-order valence-electron chi connectivity index (χ4n) is 3.44. The van der Waals surface area contributed by atoms with E-state index in [1.165, 1.54) is 25.7 Å². The maximum absolute atomic E-state index is 12.4. The summed E-state index contributed by atoms with van der Waals surface area (Å²) >= 11 is 0. The van der Waals surface area contributed by atoms with Crippen molar-refractivity contribution in [3.63, 3.8) is 0 Å². The molecule has 4 heteroatoms. The highest BCUT2D eigenvalue weighted by Crippen LogP contribution is 2.29. The van der Waals surface area contributed by atoms with Crippen LogP contribution in [-0.4, -0.2) is 17.7 Å². The molecule has 0 saturated carbocycles. The van der Waals surface area contributed by atoms with Crippen LogP contribution >= 0.6 is 0 Å². The number of carbonyl (C=O) groups excluding carboxylic acids is 2. The summed E-state index contributed by atoms with van der Waals surface area (Å²) in [6.45, 7) is 8.50. The summed E-state index contributed by atoms with van der Waals surface area (Å²) in [7, 11) is 0. The van der Waals surface area contributed by atoms with Crippen molar-refractivity contribution in [1.29, 1.82) is 0 Å². The van der Waals surface area contributed by atoms with Crippen LogP contribution in [0.25, 0.3) is 0 Å². The van der Waals surface area contributed by atoms with Crippen molar-refractivity contribution in [2.75, 3.05) is 0 Å². The molecule has 0 atom stereocenters. The van der Waals surface area contributed by atoms with Gasteiger partial charge in [0.2, 0.25) is 0 Å². The molecule has 0 saturated heterocycles. The van der Waals surface area contributed by atoms with Crippen LogP contribution in [0.15, 0.2) is 0 Å². The van der Waals surface area contributed by atoms with Crippen molar-refractivity contribution in [3.05, 3.63) is 0 Å². The number of unbranched alkanes of at least 4 members (excludes halogenated alkanes) is 9. The highest BCUT2D eigenvalue weighted by molar-refractivity contribution is 5.72. The molecule has 0 aliphatic rings. The molecule has 4 nitrogen and oxygen atoms in total. The molecule has 0 spiro atoms. The normalized spacial score (nSPS) is 11.4. The summed E-state index contributed by atoms with van der Waals surface area (Å²) in [4.78, 5) is 24.9. The van der Waals surface area contributed by atoms with Crippen LogP contribution in [0.2, 0.25) is 0 Å². The first-order valence-corrected chi connectivity index (χ1v) is 12.0. The Hall–Kier alpha value is -1.06. The zero-order valence-electron chi connectivity index (χ0n) is 19.2. The first-order valence-electron chi connectivity index (χ1n) is 12.0. The highest BCUT2D eigenvalue weighted by Gasteiger charge is 2.37. The first-order chi connectivity index (χ1) is 13.5. The Morgan fingerprint density at radius 2 is 0.964 bits per heavy atom. The first kappa shape index (κ1) is 26.9. The molecule has 0 amide bonds. The van der Waals surface area contributed by atoms with E-state index in [0.717, 1.165) is 57.8 Å². The van der Waals surface area contributed by atoms with E-state index in [1.807, 2.05) is 6.92 Å². The van der Waals surface area contributed by atoms with Crippen LogP contribution in [0.4, 0.5) is 0 Å². The number of esters is 2. The average Bonchev–Trinajstić information content (AvgIpc) is 2.66. The van der Waals surface area contributed by atoms with Gasteiger partial charge in [0.15, 0.2) is 0 Å². The summed E-state index contributed by atoms with van der Waals surface area (Å²) < 4.78 is 11.6. The minimum Gasteiger partial charge on any atom is -0.422 e. The van der Waals surface area contributed by atoms with Crippen molar-refractivity contribution < 1.29 is 19.1 Å². The lowest BCUT2D eigenvalue weighted by Gasteiger charge is -2.33. The van der Waals surface area contributed by atoms with Gasteiger partial charge in [-0.2, -0.15) is 0 Å². The van der Waals surface area contributed by atoms with Gasteiger partial charge < -0.3 is 9.47 Å². The van der Waals surface area contributed by atoms with Gasteiger partial charge >= 0.3 is 11.9 Å². The molecule has 0 aromatic carbocycles. The topological polar surface area (TPSA) is 52.6 Å². The van der Waals surface area contributed by atoms with Crippen molar-refractivity contribution in [2.24, 2.45) is 0 Å². The molecular weight excluding hydrogens is 352 g/mol. The molecular formula is C24H46O4. The quantitative estimate of drug-likeness (QED) is 0.128.